The smallest absolute Gasteiger partial charge is 0.205 e. The van der Waals surface area contributed by atoms with E-state index in [2.05, 4.69) is 24.0 Å². The summed E-state index contributed by atoms with van der Waals surface area (Å²) in [6.07, 6.45) is 0.731. The molecule has 0 aliphatic heterocycles. The number of nitrogens with zero attached hydrogens (tertiary/aromatic N) is 1. The van der Waals surface area contributed by atoms with E-state index >= 15 is 0 Å². The molecule has 4 aromatic rings. The number of nitrogen functional groups attached to an aromatic ring is 1. The van der Waals surface area contributed by atoms with Gasteiger partial charge >= 0.3 is 0 Å². The molecule has 0 saturated carbocycles. The molecule has 0 fully saturated rings. The zero-order valence-corrected chi connectivity index (χ0v) is 17.4. The number of hydrogen-bond donors (Lipinski definition) is 1. The minimum Gasteiger partial charge on any atom is -0.488 e. The first-order valence-corrected chi connectivity index (χ1v) is 10.3. The van der Waals surface area contributed by atoms with Crippen molar-refractivity contribution in [2.24, 2.45) is 0 Å². The third-order valence-electron chi connectivity index (χ3n) is 4.83. The second-order valence-electron chi connectivity index (χ2n) is 7.05. The Morgan fingerprint density at radius 1 is 1.17 bits per heavy atom. The molecule has 0 radical (unpaired) electrons. The highest BCUT2D eigenvalue weighted by atomic mass is 32.1. The van der Waals surface area contributed by atoms with Crippen molar-refractivity contribution in [1.29, 1.82) is 0 Å². The van der Waals surface area contributed by atoms with Gasteiger partial charge in [0.15, 0.2) is 0 Å². The second-order valence-corrected chi connectivity index (χ2v) is 7.91. The number of anilines is 1. The largest absolute Gasteiger partial charge is 0.488 e. The number of benzene rings is 2. The van der Waals surface area contributed by atoms with E-state index in [1.807, 2.05) is 37.4 Å². The van der Waals surface area contributed by atoms with Crippen LogP contribution in [0.15, 0.2) is 51.0 Å². The Hall–Kier alpha value is -3.12. The van der Waals surface area contributed by atoms with Crippen LogP contribution in [-0.2, 0) is 13.0 Å². The number of hydrogen-bond acceptors (Lipinski definition) is 6. The molecular weight excluding hydrogens is 384 g/mol. The molecule has 2 N–H and O–H groups in total. The first-order chi connectivity index (χ1) is 14.0. The molecule has 6 heteroatoms. The summed E-state index contributed by atoms with van der Waals surface area (Å²) in [6.45, 7) is 6.40. The first-order valence-electron chi connectivity index (χ1n) is 9.46. The molecule has 0 aliphatic rings. The zero-order chi connectivity index (χ0) is 20.5. The molecule has 0 saturated heterocycles. The van der Waals surface area contributed by atoms with E-state index in [0.717, 1.165) is 23.2 Å². The number of aromatic nitrogens is 1. The van der Waals surface area contributed by atoms with Gasteiger partial charge in [0.25, 0.3) is 0 Å². The van der Waals surface area contributed by atoms with E-state index in [1.165, 1.54) is 16.9 Å². The van der Waals surface area contributed by atoms with Crippen LogP contribution in [0.3, 0.4) is 0 Å². The Morgan fingerprint density at radius 3 is 2.59 bits per heavy atom. The van der Waals surface area contributed by atoms with Gasteiger partial charge in [-0.05, 0) is 37.5 Å². The lowest BCUT2D eigenvalue weighted by molar-refractivity contribution is 0.303. The van der Waals surface area contributed by atoms with E-state index in [1.54, 1.807) is 6.07 Å². The van der Waals surface area contributed by atoms with E-state index in [9.17, 15) is 4.79 Å². The molecule has 2 aromatic carbocycles. The molecule has 0 atom stereocenters. The van der Waals surface area contributed by atoms with Gasteiger partial charge in [0.1, 0.15) is 28.5 Å². The fraction of sp³-hybridized carbons (Fsp3) is 0.217. The van der Waals surface area contributed by atoms with Crippen LogP contribution in [0.4, 0.5) is 5.88 Å². The summed E-state index contributed by atoms with van der Waals surface area (Å²) in [5.74, 6) is 0.770. The van der Waals surface area contributed by atoms with Crippen molar-refractivity contribution in [3.05, 3.63) is 74.4 Å². The summed E-state index contributed by atoms with van der Waals surface area (Å²) >= 11 is 1.38. The maximum absolute atomic E-state index is 13.1. The molecule has 29 heavy (non-hydrogen) atoms. The lowest BCUT2D eigenvalue weighted by Crippen LogP contribution is -2.10. The van der Waals surface area contributed by atoms with Crippen LogP contribution in [0.1, 0.15) is 29.3 Å². The highest BCUT2D eigenvalue weighted by molar-refractivity contribution is 7.13. The Morgan fingerprint density at radius 2 is 1.93 bits per heavy atom. The predicted octanol–water partition coefficient (Wildman–Crippen LogP) is 5.26. The maximum atomic E-state index is 13.1. The summed E-state index contributed by atoms with van der Waals surface area (Å²) in [7, 11) is 0. The Labute approximate surface area is 172 Å². The summed E-state index contributed by atoms with van der Waals surface area (Å²) in [5.41, 5.74) is 10.7. The van der Waals surface area contributed by atoms with E-state index < -0.39 is 0 Å². The fourth-order valence-electron chi connectivity index (χ4n) is 3.21. The molecular formula is C23H22N2O3S. The minimum absolute atomic E-state index is 0.0746. The first kappa shape index (κ1) is 19.2. The van der Waals surface area contributed by atoms with Crippen LogP contribution in [0, 0.1) is 13.8 Å². The maximum Gasteiger partial charge on any atom is 0.205 e. The normalized spacial score (nSPS) is 11.1. The standard InChI is InChI=1S/C23H22N2O3S/c1-4-16-9-17-19(10-18(16)27-11-15-7-5-13(2)6-8-15)28-22(24)20(21(17)26)23-25-14(3)12-29-23/h5-10,12H,4,11,24H2,1-3H3. The van der Waals surface area contributed by atoms with Crippen LogP contribution < -0.4 is 15.9 Å². The summed E-state index contributed by atoms with van der Waals surface area (Å²) in [5, 5.41) is 2.95. The topological polar surface area (TPSA) is 78.4 Å². The number of thiazole rings is 1. The third-order valence-corrected chi connectivity index (χ3v) is 5.81. The van der Waals surface area contributed by atoms with Crippen molar-refractivity contribution in [1.82, 2.24) is 4.98 Å². The fourth-order valence-corrected chi connectivity index (χ4v) is 4.05. The molecule has 0 bridgehead atoms. The van der Waals surface area contributed by atoms with Crippen LogP contribution in [-0.4, -0.2) is 4.98 Å². The average Bonchev–Trinajstić information content (AvgIpc) is 3.12. The van der Waals surface area contributed by atoms with Gasteiger partial charge in [0, 0.05) is 17.1 Å². The highest BCUT2D eigenvalue weighted by Crippen LogP contribution is 2.32. The molecule has 0 unspecified atom stereocenters. The third kappa shape index (κ3) is 3.76. The second kappa shape index (κ2) is 7.72. The van der Waals surface area contributed by atoms with Gasteiger partial charge < -0.3 is 14.9 Å². The monoisotopic (exact) mass is 406 g/mol. The molecule has 148 valence electrons. The molecule has 4 rings (SSSR count). The summed E-state index contributed by atoms with van der Waals surface area (Å²) < 4.78 is 11.9. The van der Waals surface area contributed by atoms with Crippen LogP contribution in [0.5, 0.6) is 5.75 Å². The number of fused-ring (bicyclic) bond motifs is 1. The van der Waals surface area contributed by atoms with E-state index in [0.29, 0.717) is 33.9 Å². The molecule has 0 aliphatic carbocycles. The number of aryl methyl sites for hydroxylation is 3. The quantitative estimate of drug-likeness (QED) is 0.489. The van der Waals surface area contributed by atoms with Gasteiger partial charge in [-0.2, -0.15) is 0 Å². The van der Waals surface area contributed by atoms with Crippen molar-refractivity contribution in [2.45, 2.75) is 33.8 Å². The number of ether oxygens (including phenoxy) is 1. The van der Waals surface area contributed by atoms with Gasteiger partial charge in [0.2, 0.25) is 11.3 Å². The molecule has 0 amide bonds. The van der Waals surface area contributed by atoms with Gasteiger partial charge in [0.05, 0.1) is 5.39 Å². The van der Waals surface area contributed by atoms with Gasteiger partial charge in [-0.25, -0.2) is 4.98 Å². The SMILES string of the molecule is CCc1cc2c(=O)c(-c3nc(C)cs3)c(N)oc2cc1OCc1ccc(C)cc1. The average molecular weight is 407 g/mol. The summed E-state index contributed by atoms with van der Waals surface area (Å²) in [6, 6.07) is 11.8. The molecule has 0 spiro atoms. The Kier molecular flexibility index (Phi) is 5.11. The van der Waals surface area contributed by atoms with Crippen molar-refractivity contribution >= 4 is 28.2 Å². The predicted molar refractivity (Wildman–Crippen MR) is 118 cm³/mol. The molecule has 5 nitrogen and oxygen atoms in total. The van der Waals surface area contributed by atoms with Gasteiger partial charge in [-0.15, -0.1) is 11.3 Å². The van der Waals surface area contributed by atoms with Crippen molar-refractivity contribution < 1.29 is 9.15 Å². The van der Waals surface area contributed by atoms with Crippen LogP contribution in [0.2, 0.25) is 0 Å². The Bertz CT molecular complexity index is 1240. The van der Waals surface area contributed by atoms with E-state index in [4.69, 9.17) is 14.9 Å². The lowest BCUT2D eigenvalue weighted by Gasteiger charge is -2.13. The highest BCUT2D eigenvalue weighted by Gasteiger charge is 2.19. The Balaban J connectivity index is 1.76. The summed E-state index contributed by atoms with van der Waals surface area (Å²) in [4.78, 5) is 17.5. The molecule has 2 heterocycles. The van der Waals surface area contributed by atoms with Crippen molar-refractivity contribution in [2.75, 3.05) is 5.73 Å². The van der Waals surface area contributed by atoms with E-state index in [-0.39, 0.29) is 11.3 Å². The number of nitrogens with two attached hydrogens (primary N) is 1. The lowest BCUT2D eigenvalue weighted by atomic mass is 10.1. The van der Waals surface area contributed by atoms with Crippen molar-refractivity contribution in [3.8, 4) is 16.3 Å². The number of rotatable bonds is 5. The van der Waals surface area contributed by atoms with Crippen LogP contribution in [0.25, 0.3) is 21.5 Å². The zero-order valence-electron chi connectivity index (χ0n) is 16.6. The minimum atomic E-state index is -0.169. The van der Waals surface area contributed by atoms with Gasteiger partial charge in [-0.3, -0.25) is 4.79 Å². The van der Waals surface area contributed by atoms with Crippen LogP contribution >= 0.6 is 11.3 Å². The van der Waals surface area contributed by atoms with Gasteiger partial charge in [-0.1, -0.05) is 36.8 Å². The van der Waals surface area contributed by atoms with Crippen molar-refractivity contribution in [3.63, 3.8) is 0 Å². The molecule has 2 aromatic heterocycles.